The highest BCUT2D eigenvalue weighted by molar-refractivity contribution is 8.00. The number of likely N-dealkylation sites (tertiary alicyclic amines) is 1. The Morgan fingerprint density at radius 3 is 2.19 bits per heavy atom. The minimum atomic E-state index is -2.76. The molecule has 1 aliphatic carbocycles. The van der Waals surface area contributed by atoms with Crippen LogP contribution in [0.25, 0.3) is 16.3 Å². The molecule has 0 spiro atoms. The third kappa shape index (κ3) is 10.9. The van der Waals surface area contributed by atoms with Gasteiger partial charge in [0.1, 0.15) is 12.1 Å². The van der Waals surface area contributed by atoms with E-state index in [1.165, 1.54) is 16.7 Å². The number of hydrogen-bond acceptors (Lipinski definition) is 12. The Labute approximate surface area is 453 Å². The number of nitrogens with zero attached hydrogens (tertiary/aromatic N) is 3. The Hall–Kier alpha value is -4.97. The number of fused-ring (bicyclic) bond motifs is 6. The molecule has 17 nitrogen and oxygen atoms in total. The second-order valence-electron chi connectivity index (χ2n) is 21.3. The van der Waals surface area contributed by atoms with Crippen LogP contribution >= 0.6 is 43.6 Å². The lowest BCUT2D eigenvalue weighted by Crippen LogP contribution is -2.60. The minimum absolute atomic E-state index is 0.144. The van der Waals surface area contributed by atoms with Crippen LogP contribution in [-0.2, 0) is 33.6 Å². The van der Waals surface area contributed by atoms with Gasteiger partial charge in [-0.05, 0) is 86.3 Å². The molecule has 21 heteroatoms. The molecule has 2 fully saturated rings. The predicted molar refractivity (Wildman–Crippen MR) is 296 cm³/mol. The second-order valence-corrected chi connectivity index (χ2v) is 23.6. The van der Waals surface area contributed by atoms with Gasteiger partial charge in [0.2, 0.25) is 41.4 Å². The number of hydrogen-bond donors (Lipinski definition) is 6. The van der Waals surface area contributed by atoms with Gasteiger partial charge >= 0.3 is 8.60 Å². The first kappa shape index (κ1) is 56.2. The van der Waals surface area contributed by atoms with Gasteiger partial charge in [-0.2, -0.15) is 11.8 Å². The van der Waals surface area contributed by atoms with Crippen LogP contribution in [0, 0.1) is 16.7 Å². The van der Waals surface area contributed by atoms with Gasteiger partial charge in [-0.25, -0.2) is 0 Å². The molecule has 75 heavy (non-hydrogen) atoms. The maximum atomic E-state index is 15.2. The van der Waals surface area contributed by atoms with E-state index in [1.807, 2.05) is 57.4 Å². The number of nitrogens with one attached hydrogen (secondary N) is 4. The van der Waals surface area contributed by atoms with Crippen molar-refractivity contribution in [3.05, 3.63) is 59.2 Å². The maximum absolute atomic E-state index is 15.2. The number of rotatable bonds is 20. The van der Waals surface area contributed by atoms with Crippen LogP contribution in [0.4, 0.5) is 22.7 Å². The minimum Gasteiger partial charge on any atom is -0.425 e. The monoisotopic (exact) mass is 1110 g/mol. The smallest absolute Gasteiger partial charge is 0.391 e. The zero-order chi connectivity index (χ0) is 54.3. The van der Waals surface area contributed by atoms with Crippen LogP contribution < -0.4 is 35.6 Å². The first-order valence-corrected chi connectivity index (χ1v) is 29.3. The average Bonchev–Trinajstić information content (AvgIpc) is 4.04. The zero-order valence-electron chi connectivity index (χ0n) is 43.5. The van der Waals surface area contributed by atoms with Gasteiger partial charge in [0.25, 0.3) is 0 Å². The largest absolute Gasteiger partial charge is 0.425 e. The summed E-state index contributed by atoms with van der Waals surface area (Å²) in [7, 11) is -2.76. The van der Waals surface area contributed by atoms with Crippen LogP contribution in [0.5, 0.6) is 5.75 Å². The summed E-state index contributed by atoms with van der Waals surface area (Å²) in [5.41, 5.74) is 3.96. The van der Waals surface area contributed by atoms with Crippen molar-refractivity contribution in [2.75, 3.05) is 64.6 Å². The number of imide groups is 1. The average molecular weight is 1110 g/mol. The van der Waals surface area contributed by atoms with Gasteiger partial charge in [-0.1, -0.05) is 64.5 Å². The number of thioether (sulfide) groups is 1. The van der Waals surface area contributed by atoms with Gasteiger partial charge in [0.05, 0.1) is 27.7 Å². The van der Waals surface area contributed by atoms with Gasteiger partial charge in [0, 0.05) is 90.7 Å². The van der Waals surface area contributed by atoms with Crippen molar-refractivity contribution in [1.29, 1.82) is 0 Å². The van der Waals surface area contributed by atoms with Gasteiger partial charge in [-0.3, -0.25) is 38.5 Å². The summed E-state index contributed by atoms with van der Waals surface area (Å²) in [6, 6.07) is 9.09. The molecule has 3 aromatic carbocycles. The number of carbonyl (C=O) groups is 7. The maximum Gasteiger partial charge on any atom is 0.391 e. The molecule has 0 aromatic heterocycles. The highest BCUT2D eigenvalue weighted by Crippen LogP contribution is 2.61. The molecule has 6 N–H and O–H groups in total. The van der Waals surface area contributed by atoms with E-state index in [-0.39, 0.29) is 95.7 Å². The molecule has 5 aliphatic rings. The number of benzene rings is 3. The highest BCUT2D eigenvalue weighted by Gasteiger charge is 2.62. The van der Waals surface area contributed by atoms with Crippen molar-refractivity contribution in [2.45, 2.75) is 122 Å². The van der Waals surface area contributed by atoms with Crippen LogP contribution in [0.3, 0.4) is 0 Å². The molecule has 1 saturated heterocycles. The number of alkyl halides is 2. The van der Waals surface area contributed by atoms with E-state index < -0.39 is 43.3 Å². The number of amides is 7. The Kier molecular flexibility index (Phi) is 17.2. The van der Waals surface area contributed by atoms with Gasteiger partial charge in [-0.15, -0.1) is 23.2 Å². The van der Waals surface area contributed by atoms with E-state index in [2.05, 4.69) is 21.3 Å². The van der Waals surface area contributed by atoms with Crippen molar-refractivity contribution in [2.24, 2.45) is 16.7 Å². The third-order valence-corrected chi connectivity index (χ3v) is 17.9. The molecular formula is C54H68Cl2N7O10PS. The van der Waals surface area contributed by atoms with Crippen molar-refractivity contribution in [3.8, 4) is 5.75 Å². The summed E-state index contributed by atoms with van der Waals surface area (Å²) in [5.74, 6) is -2.06. The lowest BCUT2D eigenvalue weighted by Gasteiger charge is -2.54. The fourth-order valence-corrected chi connectivity index (χ4v) is 13.5. The third-order valence-electron chi connectivity index (χ3n) is 15.9. The summed E-state index contributed by atoms with van der Waals surface area (Å²) >= 11 is 14.7. The Morgan fingerprint density at radius 2 is 1.56 bits per heavy atom. The number of anilines is 4. The number of halogens is 2. The fourth-order valence-electron chi connectivity index (χ4n) is 12.0. The van der Waals surface area contributed by atoms with Gasteiger partial charge < -0.3 is 45.4 Å². The molecule has 5 atom stereocenters. The Bertz CT molecular complexity index is 2830. The Balaban J connectivity index is 0.952. The highest BCUT2D eigenvalue weighted by atomic mass is 35.5. The van der Waals surface area contributed by atoms with E-state index in [0.29, 0.717) is 74.6 Å². The van der Waals surface area contributed by atoms with Crippen LogP contribution in [-0.4, -0.2) is 118 Å². The van der Waals surface area contributed by atoms with E-state index >= 15 is 4.79 Å². The lowest BCUT2D eigenvalue weighted by atomic mass is 9.51. The second kappa shape index (κ2) is 22.9. The molecular weight excluding hydrogens is 1040 g/mol. The molecule has 3 aromatic rings. The van der Waals surface area contributed by atoms with Gasteiger partial charge in [0.15, 0.2) is 5.75 Å². The SMILES string of the molecule is CCC1(C(=O)N2CC(CCl)c3c2cc(NC(=O)C(C)NC(=O)C(NC(=O)CCCCCN2C(=O)CC(SC)C2=O)C(C)C)c2ccccc32)CC(C)(C(=O)N2CC(CCl)c3c2cc(OP(O)O)c2c3C(C)=CCN2)C1. The van der Waals surface area contributed by atoms with Crippen LogP contribution in [0.1, 0.15) is 121 Å². The molecule has 5 unspecified atom stereocenters. The standard InChI is InChI=1S/C54H68Cl2N7O10PS/c1-8-54(27-53(6,28-54)51(69)62-26-33(24-56)45-38(62)21-39(73-74(71)72)47-43(45)30(4)17-18-57-47)52(70)63-25-32(23-55)44-35-15-12-11-14-34(35)36(20-37(44)63)59-48(66)31(5)58-49(67)46(29(2)3)60-41(64)16-10-9-13-19-61-42(65)22-40(75-7)50(61)68/h11-12,14-15,17,20-21,29,31-33,40,46,57,71-72H,8-10,13,16,18-19,22-28H2,1-7H3,(H,58,67)(H,59,66)(H,60,64). The molecule has 404 valence electrons. The van der Waals surface area contributed by atoms with Crippen molar-refractivity contribution >= 4 is 124 Å². The molecule has 7 amide bonds. The van der Waals surface area contributed by atoms with Crippen molar-refractivity contribution < 1.29 is 47.9 Å². The van der Waals surface area contributed by atoms with E-state index in [9.17, 15) is 38.6 Å². The van der Waals surface area contributed by atoms with E-state index in [4.69, 9.17) is 27.7 Å². The van der Waals surface area contributed by atoms with Crippen molar-refractivity contribution in [3.63, 3.8) is 0 Å². The first-order chi connectivity index (χ1) is 35.7. The Morgan fingerprint density at radius 1 is 0.907 bits per heavy atom. The topological polar surface area (TPSA) is 227 Å². The molecule has 4 heterocycles. The van der Waals surface area contributed by atoms with E-state index in [1.54, 1.807) is 42.7 Å². The molecule has 4 aliphatic heterocycles. The number of allylic oxidation sites excluding steroid dienone is 1. The summed E-state index contributed by atoms with van der Waals surface area (Å²) < 4.78 is 5.53. The fraction of sp³-hybridized carbons (Fsp3) is 0.537. The van der Waals surface area contributed by atoms with Crippen LogP contribution in [0.2, 0.25) is 0 Å². The summed E-state index contributed by atoms with van der Waals surface area (Å²) in [6.45, 7) is 12.4. The molecule has 1 saturated carbocycles. The van der Waals surface area contributed by atoms with Crippen LogP contribution in [0.15, 0.2) is 42.5 Å². The zero-order valence-corrected chi connectivity index (χ0v) is 46.7. The quantitative estimate of drug-likeness (QED) is 0.0273. The van der Waals surface area contributed by atoms with Crippen molar-refractivity contribution in [1.82, 2.24) is 15.5 Å². The predicted octanol–water partition coefficient (Wildman–Crippen LogP) is 8.13. The molecule has 8 rings (SSSR count). The summed E-state index contributed by atoms with van der Waals surface area (Å²) in [5, 5.41) is 13.1. The summed E-state index contributed by atoms with van der Waals surface area (Å²) in [6.07, 6.45) is 6.88. The summed E-state index contributed by atoms with van der Waals surface area (Å²) in [4.78, 5) is 120. The normalized spacial score (nSPS) is 23.6. The van der Waals surface area contributed by atoms with E-state index in [0.717, 1.165) is 33.0 Å². The lowest BCUT2D eigenvalue weighted by molar-refractivity contribution is -0.153. The molecule has 0 radical (unpaired) electrons. The number of unbranched alkanes of at least 4 members (excludes halogenated alkanes) is 2. The molecule has 0 bridgehead atoms. The first-order valence-electron chi connectivity index (χ1n) is 25.8. The number of carbonyl (C=O) groups excluding carboxylic acids is 7.